The normalized spacial score (nSPS) is 30.3. The smallest absolute Gasteiger partial charge is 0.233 e. The van der Waals surface area contributed by atoms with E-state index in [0.29, 0.717) is 19.7 Å². The molecular formula is C18H23NO3. The highest BCUT2D eigenvalue weighted by molar-refractivity contribution is 5.91. The van der Waals surface area contributed by atoms with E-state index in [9.17, 15) is 4.79 Å². The Morgan fingerprint density at radius 3 is 2.45 bits per heavy atom. The van der Waals surface area contributed by atoms with Gasteiger partial charge in [-0.25, -0.2) is 0 Å². The fourth-order valence-corrected chi connectivity index (χ4v) is 3.81. The maximum atomic E-state index is 13.1. The first-order valence-electron chi connectivity index (χ1n) is 8.37. The highest BCUT2D eigenvalue weighted by Crippen LogP contribution is 2.50. The zero-order valence-electron chi connectivity index (χ0n) is 12.9. The Kier molecular flexibility index (Phi) is 3.46. The molecule has 4 rings (SSSR count). The van der Waals surface area contributed by atoms with E-state index >= 15 is 0 Å². The van der Waals surface area contributed by atoms with Crippen molar-refractivity contribution in [3.05, 3.63) is 35.9 Å². The van der Waals surface area contributed by atoms with Crippen LogP contribution in [-0.2, 0) is 19.7 Å². The molecule has 1 atom stereocenters. The molecule has 1 aliphatic carbocycles. The van der Waals surface area contributed by atoms with Crippen molar-refractivity contribution >= 4 is 5.91 Å². The zero-order valence-corrected chi connectivity index (χ0v) is 12.9. The molecule has 22 heavy (non-hydrogen) atoms. The van der Waals surface area contributed by atoms with Gasteiger partial charge in [-0.2, -0.15) is 0 Å². The van der Waals surface area contributed by atoms with Crippen molar-refractivity contribution in [3.63, 3.8) is 0 Å². The summed E-state index contributed by atoms with van der Waals surface area (Å²) < 4.78 is 11.8. The third kappa shape index (κ3) is 2.34. The standard InChI is InChI=1S/C18H23NO3/c20-16(17(9-10-17)15-6-2-1-3-7-15)19-11-13-22-18(14-19)8-4-5-12-21-18/h1-3,6-7H,4-5,8-14H2. The van der Waals surface area contributed by atoms with Gasteiger partial charge in [0.25, 0.3) is 0 Å². The first-order valence-corrected chi connectivity index (χ1v) is 8.37. The van der Waals surface area contributed by atoms with E-state index < -0.39 is 5.79 Å². The highest BCUT2D eigenvalue weighted by Gasteiger charge is 2.54. The molecule has 0 bridgehead atoms. The molecule has 0 radical (unpaired) electrons. The minimum Gasteiger partial charge on any atom is -0.348 e. The maximum absolute atomic E-state index is 13.1. The number of nitrogens with zero attached hydrogens (tertiary/aromatic N) is 1. The summed E-state index contributed by atoms with van der Waals surface area (Å²) in [6, 6.07) is 10.2. The molecule has 1 amide bonds. The van der Waals surface area contributed by atoms with Crippen molar-refractivity contribution in [1.29, 1.82) is 0 Å². The minimum atomic E-state index is -0.543. The van der Waals surface area contributed by atoms with Crippen LogP contribution >= 0.6 is 0 Å². The van der Waals surface area contributed by atoms with Gasteiger partial charge < -0.3 is 14.4 Å². The van der Waals surface area contributed by atoms with Crippen LogP contribution < -0.4 is 0 Å². The van der Waals surface area contributed by atoms with Gasteiger partial charge in [0.1, 0.15) is 0 Å². The van der Waals surface area contributed by atoms with E-state index in [2.05, 4.69) is 12.1 Å². The van der Waals surface area contributed by atoms with Crippen LogP contribution in [0.4, 0.5) is 0 Å². The third-order valence-corrected chi connectivity index (χ3v) is 5.25. The van der Waals surface area contributed by atoms with E-state index in [0.717, 1.165) is 44.3 Å². The van der Waals surface area contributed by atoms with Crippen LogP contribution in [0, 0.1) is 0 Å². The number of ether oxygens (including phenoxy) is 2. The van der Waals surface area contributed by atoms with E-state index in [1.165, 1.54) is 0 Å². The molecule has 1 aromatic carbocycles. The number of amides is 1. The predicted octanol–water partition coefficient (Wildman–Crippen LogP) is 2.47. The lowest BCUT2D eigenvalue weighted by Gasteiger charge is -2.45. The van der Waals surface area contributed by atoms with Crippen molar-refractivity contribution in [2.45, 2.75) is 43.3 Å². The van der Waals surface area contributed by atoms with Crippen LogP contribution in [0.1, 0.15) is 37.7 Å². The molecule has 4 nitrogen and oxygen atoms in total. The zero-order chi connectivity index (χ0) is 15.0. The largest absolute Gasteiger partial charge is 0.348 e. The van der Waals surface area contributed by atoms with Gasteiger partial charge in [0.15, 0.2) is 5.79 Å². The topological polar surface area (TPSA) is 38.8 Å². The quantitative estimate of drug-likeness (QED) is 0.842. The first kappa shape index (κ1) is 14.2. The van der Waals surface area contributed by atoms with Gasteiger partial charge in [-0.15, -0.1) is 0 Å². The van der Waals surface area contributed by atoms with Gasteiger partial charge in [0.2, 0.25) is 5.91 Å². The lowest BCUT2D eigenvalue weighted by Crippen LogP contribution is -2.57. The minimum absolute atomic E-state index is 0.260. The second-order valence-corrected chi connectivity index (χ2v) is 6.74. The van der Waals surface area contributed by atoms with Gasteiger partial charge in [-0.1, -0.05) is 30.3 Å². The Balaban J connectivity index is 1.53. The van der Waals surface area contributed by atoms with Crippen molar-refractivity contribution in [2.75, 3.05) is 26.3 Å². The van der Waals surface area contributed by atoms with Gasteiger partial charge in [0, 0.05) is 13.0 Å². The predicted molar refractivity (Wildman–Crippen MR) is 82.4 cm³/mol. The summed E-state index contributed by atoms with van der Waals surface area (Å²) in [4.78, 5) is 15.1. The third-order valence-electron chi connectivity index (χ3n) is 5.25. The van der Waals surface area contributed by atoms with Gasteiger partial charge in [-0.3, -0.25) is 4.79 Å². The van der Waals surface area contributed by atoms with Crippen LogP contribution in [0.15, 0.2) is 30.3 Å². The number of hydrogen-bond donors (Lipinski definition) is 0. The molecule has 2 saturated heterocycles. The number of rotatable bonds is 2. The monoisotopic (exact) mass is 301 g/mol. The lowest BCUT2D eigenvalue weighted by molar-refractivity contribution is -0.280. The maximum Gasteiger partial charge on any atom is 0.233 e. The molecular weight excluding hydrogens is 278 g/mol. The molecule has 1 unspecified atom stereocenters. The molecule has 1 saturated carbocycles. The summed E-state index contributed by atoms with van der Waals surface area (Å²) in [6.07, 6.45) is 5.02. The summed E-state index contributed by atoms with van der Waals surface area (Å²) >= 11 is 0. The summed E-state index contributed by atoms with van der Waals surface area (Å²) in [7, 11) is 0. The van der Waals surface area contributed by atoms with E-state index in [1.807, 2.05) is 23.1 Å². The van der Waals surface area contributed by atoms with E-state index in [-0.39, 0.29) is 11.3 Å². The summed E-state index contributed by atoms with van der Waals surface area (Å²) in [5.74, 6) is -0.283. The molecule has 0 aromatic heterocycles. The average Bonchev–Trinajstić information content (AvgIpc) is 3.38. The SMILES string of the molecule is O=C(N1CCOC2(CCCCO2)C1)C1(c2ccccc2)CC1. The van der Waals surface area contributed by atoms with Gasteiger partial charge >= 0.3 is 0 Å². The number of benzene rings is 1. The van der Waals surface area contributed by atoms with Crippen LogP contribution in [0.25, 0.3) is 0 Å². The fourth-order valence-electron chi connectivity index (χ4n) is 3.81. The molecule has 3 fully saturated rings. The fraction of sp³-hybridized carbons (Fsp3) is 0.611. The van der Waals surface area contributed by atoms with Crippen LogP contribution in [0.5, 0.6) is 0 Å². The van der Waals surface area contributed by atoms with Crippen molar-refractivity contribution in [1.82, 2.24) is 4.90 Å². The number of morpholine rings is 1. The first-order chi connectivity index (χ1) is 10.7. The molecule has 3 aliphatic rings. The molecule has 4 heteroatoms. The van der Waals surface area contributed by atoms with E-state index in [1.54, 1.807) is 0 Å². The van der Waals surface area contributed by atoms with Crippen LogP contribution in [0.2, 0.25) is 0 Å². The molecule has 2 heterocycles. The molecule has 1 aromatic rings. The Morgan fingerprint density at radius 1 is 1.00 bits per heavy atom. The van der Waals surface area contributed by atoms with Crippen molar-refractivity contribution in [3.8, 4) is 0 Å². The van der Waals surface area contributed by atoms with Crippen LogP contribution in [-0.4, -0.2) is 42.9 Å². The molecule has 2 aliphatic heterocycles. The number of hydrogen-bond acceptors (Lipinski definition) is 3. The molecule has 0 N–H and O–H groups in total. The highest BCUT2D eigenvalue weighted by atomic mass is 16.7. The Labute approximate surface area is 131 Å². The Morgan fingerprint density at radius 2 is 1.77 bits per heavy atom. The van der Waals surface area contributed by atoms with Gasteiger partial charge in [0.05, 0.1) is 25.2 Å². The van der Waals surface area contributed by atoms with Crippen molar-refractivity contribution in [2.24, 2.45) is 0 Å². The Hall–Kier alpha value is -1.39. The van der Waals surface area contributed by atoms with E-state index in [4.69, 9.17) is 9.47 Å². The number of carbonyl (C=O) groups excluding carboxylic acids is 1. The lowest BCUT2D eigenvalue weighted by atomic mass is 9.93. The second kappa shape index (κ2) is 5.36. The molecule has 1 spiro atoms. The summed E-state index contributed by atoms with van der Waals surface area (Å²) in [5.41, 5.74) is 0.874. The van der Waals surface area contributed by atoms with Crippen LogP contribution in [0.3, 0.4) is 0 Å². The second-order valence-electron chi connectivity index (χ2n) is 6.74. The summed E-state index contributed by atoms with van der Waals surface area (Å²) in [5, 5.41) is 0. The summed E-state index contributed by atoms with van der Waals surface area (Å²) in [6.45, 7) is 2.58. The molecule has 118 valence electrons. The van der Waals surface area contributed by atoms with Crippen molar-refractivity contribution < 1.29 is 14.3 Å². The van der Waals surface area contributed by atoms with Gasteiger partial charge in [-0.05, 0) is 31.2 Å². The average molecular weight is 301 g/mol. The number of carbonyl (C=O) groups is 1. The Bertz CT molecular complexity index is 541.